The van der Waals surface area contributed by atoms with Crippen molar-refractivity contribution >= 4 is 22.8 Å². The van der Waals surface area contributed by atoms with E-state index in [1.807, 2.05) is 0 Å². The van der Waals surface area contributed by atoms with Crippen LogP contribution in [0.2, 0.25) is 0 Å². The van der Waals surface area contributed by atoms with Gasteiger partial charge in [-0.05, 0) is 34.1 Å². The number of ether oxygens (including phenoxy) is 10. The Balaban J connectivity index is 1.26. The molecule has 5 saturated heterocycles. The zero-order valence-electron chi connectivity index (χ0n) is 32.0. The molecule has 5 fully saturated rings. The van der Waals surface area contributed by atoms with Gasteiger partial charge in [0.15, 0.2) is 43.5 Å². The second-order valence-electron chi connectivity index (χ2n) is 15.2. The fourth-order valence-corrected chi connectivity index (χ4v) is 7.99. The van der Waals surface area contributed by atoms with Gasteiger partial charge in [0.2, 0.25) is 6.29 Å². The third-order valence-corrected chi connectivity index (χ3v) is 11.5. The van der Waals surface area contributed by atoms with E-state index >= 15 is 0 Å². The van der Waals surface area contributed by atoms with Crippen LogP contribution >= 0.6 is 0 Å². The van der Waals surface area contributed by atoms with Gasteiger partial charge in [-0.3, -0.25) is 9.35 Å². The molecule has 5 aliphatic heterocycles. The molecular formula is C32H55N3O22S. The summed E-state index contributed by atoms with van der Waals surface area (Å²) in [6, 6.07) is -3.39. The third kappa shape index (κ3) is 10.2. The molecule has 336 valence electrons. The Morgan fingerprint density at radius 2 is 1.24 bits per heavy atom. The lowest BCUT2D eigenvalue weighted by Crippen LogP contribution is -2.66. The van der Waals surface area contributed by atoms with Crippen LogP contribution in [0, 0.1) is 5.92 Å². The third-order valence-electron chi connectivity index (χ3n) is 11.0. The summed E-state index contributed by atoms with van der Waals surface area (Å²) in [6.07, 6.45) is -29.0. The first-order valence-electron chi connectivity index (χ1n) is 18.6. The van der Waals surface area contributed by atoms with Gasteiger partial charge in [-0.1, -0.05) is 6.92 Å². The molecule has 8 unspecified atom stereocenters. The van der Waals surface area contributed by atoms with Crippen molar-refractivity contribution in [2.75, 3.05) is 0 Å². The first-order chi connectivity index (χ1) is 27.0. The maximum Gasteiger partial charge on any atom is 0.397 e. The Morgan fingerprint density at radius 1 is 0.621 bits per heavy atom. The smallest absolute Gasteiger partial charge is 0.397 e. The number of aliphatic hydroxyl groups excluding tert-OH is 5. The second-order valence-corrected chi connectivity index (χ2v) is 16.2. The molecule has 5 aliphatic rings. The number of aliphatic carboxylic acids is 1. The zero-order chi connectivity index (χ0) is 43.1. The summed E-state index contributed by atoms with van der Waals surface area (Å²) in [4.78, 5) is 23.9. The highest BCUT2D eigenvalue weighted by molar-refractivity contribution is 7.80. The molecule has 0 amide bonds. The summed E-state index contributed by atoms with van der Waals surface area (Å²) in [5, 5.41) is 63.8. The van der Waals surface area contributed by atoms with E-state index in [2.05, 4.69) is 0 Å². The Morgan fingerprint density at radius 3 is 1.86 bits per heavy atom. The Hall–Kier alpha value is -1.87. The molecule has 0 aromatic carbocycles. The van der Waals surface area contributed by atoms with E-state index in [0.717, 1.165) is 0 Å². The normalized spacial score (nSPS) is 50.5. The predicted molar refractivity (Wildman–Crippen MR) is 184 cm³/mol. The van der Waals surface area contributed by atoms with E-state index in [1.54, 1.807) is 6.92 Å². The van der Waals surface area contributed by atoms with Crippen LogP contribution in [0.3, 0.4) is 0 Å². The summed E-state index contributed by atoms with van der Waals surface area (Å²) in [5.41, 5.74) is 18.4. The molecule has 0 bridgehead atoms. The number of rotatable bonds is 13. The largest absolute Gasteiger partial charge is 0.479 e. The average molecular weight is 866 g/mol. The minimum absolute atomic E-state index is 0.0632. The van der Waals surface area contributed by atoms with Gasteiger partial charge in [-0.15, -0.1) is 0 Å². The molecule has 0 aromatic heterocycles. The highest BCUT2D eigenvalue weighted by Gasteiger charge is 2.56. The summed E-state index contributed by atoms with van der Waals surface area (Å²) in [6.45, 7) is 7.51. The fourth-order valence-electron chi connectivity index (χ4n) is 7.50. The number of hydrogen-bond donors (Lipinski definition) is 10. The van der Waals surface area contributed by atoms with Crippen molar-refractivity contribution in [1.29, 1.82) is 0 Å². The van der Waals surface area contributed by atoms with Crippen LogP contribution in [0.1, 0.15) is 41.0 Å². The van der Waals surface area contributed by atoms with Crippen LogP contribution in [0.5, 0.6) is 0 Å². The molecule has 26 heteroatoms. The van der Waals surface area contributed by atoms with E-state index in [0.29, 0.717) is 0 Å². The number of hydrogen-bond acceptors (Lipinski definition) is 23. The first kappa shape index (κ1) is 47.2. The minimum atomic E-state index is -5.32. The number of carboxylic acids is 1. The molecule has 0 saturated carbocycles. The van der Waals surface area contributed by atoms with Crippen LogP contribution in [0.15, 0.2) is 0 Å². The van der Waals surface area contributed by atoms with Gasteiger partial charge in [0.25, 0.3) is 6.47 Å². The summed E-state index contributed by atoms with van der Waals surface area (Å²) in [5.74, 6) is -2.50. The summed E-state index contributed by atoms with van der Waals surface area (Å²) in [7, 11) is -5.32. The highest BCUT2D eigenvalue weighted by Crippen LogP contribution is 2.37. The summed E-state index contributed by atoms with van der Waals surface area (Å²) >= 11 is 0. The lowest BCUT2D eigenvalue weighted by atomic mass is 9.91. The molecule has 24 atom stereocenters. The van der Waals surface area contributed by atoms with Crippen molar-refractivity contribution in [3.05, 3.63) is 0 Å². The molecule has 58 heavy (non-hydrogen) atoms. The minimum Gasteiger partial charge on any atom is -0.479 e. The van der Waals surface area contributed by atoms with Gasteiger partial charge in [0, 0.05) is 5.92 Å². The van der Waals surface area contributed by atoms with E-state index in [9.17, 15) is 53.2 Å². The Labute approximate surface area is 332 Å². The Bertz CT molecular complexity index is 1500. The SMILES string of the molecule is CC1[C@H](O[C@@H]2CC(N)[C@H](O[C@H]3C(OC=O)O[C@@H](O[C@H]4C(C)O[C@@H](C)C(N)[C@H]4O)C(OS(=O)(=O)O)[C@H]3O)OC2C)O[C@@H](C(=O)O)[C@H](O[C@@H]2O[C@@H](C)[C@H](O)[C@H](O)C2N)[C@@H]1O. The maximum absolute atomic E-state index is 12.3. The monoisotopic (exact) mass is 865 g/mol. The summed E-state index contributed by atoms with van der Waals surface area (Å²) < 4.78 is 95.1. The predicted octanol–water partition coefficient (Wildman–Crippen LogP) is -5.51. The second kappa shape index (κ2) is 19.0. The molecule has 13 N–H and O–H groups in total. The molecule has 5 heterocycles. The Kier molecular flexibility index (Phi) is 15.5. The highest BCUT2D eigenvalue weighted by atomic mass is 32.3. The van der Waals surface area contributed by atoms with Gasteiger partial charge in [-0.25, -0.2) is 8.98 Å². The quantitative estimate of drug-likeness (QED) is 0.0610. The van der Waals surface area contributed by atoms with Gasteiger partial charge in [0.1, 0.15) is 36.6 Å². The van der Waals surface area contributed by atoms with Crippen molar-refractivity contribution in [2.24, 2.45) is 23.1 Å². The fraction of sp³-hybridized carbons (Fsp3) is 0.938. The molecule has 0 aromatic rings. The van der Waals surface area contributed by atoms with E-state index in [1.165, 1.54) is 27.7 Å². The molecular weight excluding hydrogens is 810 g/mol. The maximum atomic E-state index is 12.3. The van der Waals surface area contributed by atoms with E-state index in [-0.39, 0.29) is 12.9 Å². The number of carbonyl (C=O) groups is 2. The van der Waals surface area contributed by atoms with Crippen molar-refractivity contribution in [1.82, 2.24) is 0 Å². The van der Waals surface area contributed by atoms with E-state index < -0.39 is 163 Å². The van der Waals surface area contributed by atoms with E-state index in [4.69, 9.17) is 68.8 Å². The van der Waals surface area contributed by atoms with Gasteiger partial charge < -0.3 is 95.2 Å². The van der Waals surface area contributed by atoms with Gasteiger partial charge >= 0.3 is 16.4 Å². The van der Waals surface area contributed by atoms with Gasteiger partial charge in [-0.2, -0.15) is 8.42 Å². The number of carbonyl (C=O) groups excluding carboxylic acids is 1. The molecule has 0 radical (unpaired) electrons. The lowest BCUT2D eigenvalue weighted by Gasteiger charge is -2.48. The van der Waals surface area contributed by atoms with Crippen molar-refractivity contribution in [3.63, 3.8) is 0 Å². The van der Waals surface area contributed by atoms with Crippen molar-refractivity contribution in [2.45, 2.75) is 182 Å². The lowest BCUT2D eigenvalue weighted by molar-refractivity contribution is -0.382. The standard InChI is InChI=1S/C32H55N3O22S/c1-8-17(37)23(53-30-16(35)19(39)18(38)11(4)50-30)26(27(42)43)55-28(8)51-14-6-13(33)29(49-9(14)2)54-24-21(41)25(57-58(44,45)46)32(56-31(24)47-7-36)52-22-12(5)48-10(3)15(34)20(22)40/h7-26,28-32,37-41H,6,33-35H2,1-5H3,(H,42,43)(H,44,45,46)/t8?,9?,10-,11-,12?,13?,14+,15?,16?,17+,18-,19+,20+,21-,22-,23+,24+,25?,26+,28+,29-,30-,31?,32+/m0/s1. The number of carboxylic acid groups (broad SMARTS) is 1. The van der Waals surface area contributed by atoms with Crippen molar-refractivity contribution < 1.29 is 105 Å². The molecule has 0 aliphatic carbocycles. The average Bonchev–Trinajstić information content (AvgIpc) is 3.14. The molecule has 0 spiro atoms. The molecule has 5 rings (SSSR count). The molecule has 25 nitrogen and oxygen atoms in total. The van der Waals surface area contributed by atoms with Crippen molar-refractivity contribution in [3.8, 4) is 0 Å². The van der Waals surface area contributed by atoms with Crippen LogP contribution in [0.25, 0.3) is 0 Å². The zero-order valence-corrected chi connectivity index (χ0v) is 32.9. The van der Waals surface area contributed by atoms with Crippen LogP contribution in [-0.4, -0.2) is 197 Å². The van der Waals surface area contributed by atoms with Gasteiger partial charge in [0.05, 0.1) is 54.7 Å². The van der Waals surface area contributed by atoms with Crippen LogP contribution < -0.4 is 17.2 Å². The number of nitrogens with two attached hydrogens (primary N) is 3. The topological polar surface area (TPSA) is 389 Å². The van der Waals surface area contributed by atoms with Crippen LogP contribution in [-0.2, 0) is 71.5 Å². The first-order valence-corrected chi connectivity index (χ1v) is 19.9. The van der Waals surface area contributed by atoms with Crippen LogP contribution in [0.4, 0.5) is 0 Å². The number of aliphatic hydroxyl groups is 5.